The molecule has 2 heterocycles. The molecule has 2 aromatic heterocycles. The van der Waals surface area contributed by atoms with Gasteiger partial charge in [-0.05, 0) is 38.1 Å². The lowest BCUT2D eigenvalue weighted by Crippen LogP contribution is -2.07. The molecule has 0 saturated heterocycles. The first-order valence-electron chi connectivity index (χ1n) is 9.12. The van der Waals surface area contributed by atoms with Gasteiger partial charge >= 0.3 is 0 Å². The second-order valence-electron chi connectivity index (χ2n) is 6.87. The van der Waals surface area contributed by atoms with Crippen LogP contribution in [0.25, 0.3) is 22.5 Å². The van der Waals surface area contributed by atoms with Crippen LogP contribution in [0.1, 0.15) is 11.4 Å². The number of rotatable bonds is 3. The van der Waals surface area contributed by atoms with Crippen LogP contribution in [0.3, 0.4) is 0 Å². The summed E-state index contributed by atoms with van der Waals surface area (Å²) in [6.07, 6.45) is 0. The van der Waals surface area contributed by atoms with E-state index >= 15 is 0 Å². The monoisotopic (exact) mass is 406 g/mol. The Balaban J connectivity index is 2.03. The van der Waals surface area contributed by atoms with Gasteiger partial charge in [0.2, 0.25) is 0 Å². The van der Waals surface area contributed by atoms with E-state index in [4.69, 9.17) is 24.4 Å². The van der Waals surface area contributed by atoms with Crippen molar-refractivity contribution in [2.45, 2.75) is 13.8 Å². The standard InChI is InChI=1S/C22H22N4S2/c1-15-19(21(27)25(23(15)3)17-11-7-5-8-12-17)20-16(2)24(4)26(22(20)28)18-13-9-6-10-14-18/h5-14H,1-4H3. The molecular weight excluding hydrogens is 384 g/mol. The number of hydrogen-bond donors (Lipinski definition) is 0. The fourth-order valence-corrected chi connectivity index (χ4v) is 4.67. The Labute approximate surface area is 174 Å². The Morgan fingerprint density at radius 3 is 1.21 bits per heavy atom. The quantitative estimate of drug-likeness (QED) is 0.407. The molecule has 4 nitrogen and oxygen atoms in total. The maximum atomic E-state index is 5.93. The van der Waals surface area contributed by atoms with Gasteiger partial charge in [0.15, 0.2) is 0 Å². The SMILES string of the molecule is Cc1c(-c2c(C)n(C)n(-c3ccccc3)c2=S)c(=S)n(-c2ccccc2)n1C. The lowest BCUT2D eigenvalue weighted by Gasteiger charge is -2.08. The van der Waals surface area contributed by atoms with Crippen LogP contribution >= 0.6 is 24.4 Å². The zero-order valence-corrected chi connectivity index (χ0v) is 18.0. The van der Waals surface area contributed by atoms with Crippen LogP contribution in [0.15, 0.2) is 60.7 Å². The van der Waals surface area contributed by atoms with E-state index in [0.29, 0.717) is 0 Å². The Bertz CT molecular complexity index is 1170. The van der Waals surface area contributed by atoms with Crippen molar-refractivity contribution >= 4 is 24.4 Å². The summed E-state index contributed by atoms with van der Waals surface area (Å²) in [5.74, 6) is 0. The predicted octanol–water partition coefficient (Wildman–Crippen LogP) is 5.69. The summed E-state index contributed by atoms with van der Waals surface area (Å²) in [6.45, 7) is 4.19. The molecule has 0 amide bonds. The second kappa shape index (κ2) is 7.04. The first kappa shape index (κ1) is 18.7. The zero-order valence-electron chi connectivity index (χ0n) is 16.4. The van der Waals surface area contributed by atoms with Crippen LogP contribution in [0.2, 0.25) is 0 Å². The molecular formula is C22H22N4S2. The molecule has 6 heteroatoms. The van der Waals surface area contributed by atoms with Crippen LogP contribution in [0.5, 0.6) is 0 Å². The molecule has 0 N–H and O–H groups in total. The van der Waals surface area contributed by atoms with Gasteiger partial charge in [0.25, 0.3) is 0 Å². The summed E-state index contributed by atoms with van der Waals surface area (Å²) in [4.78, 5) is 0. The maximum absolute atomic E-state index is 5.93. The van der Waals surface area contributed by atoms with E-state index in [2.05, 4.69) is 56.8 Å². The molecule has 0 fully saturated rings. The van der Waals surface area contributed by atoms with Gasteiger partial charge in [-0.15, -0.1) is 0 Å². The summed E-state index contributed by atoms with van der Waals surface area (Å²) >= 11 is 11.9. The topological polar surface area (TPSA) is 19.7 Å². The number of aromatic nitrogens is 4. The van der Waals surface area contributed by atoms with Crippen molar-refractivity contribution in [1.29, 1.82) is 0 Å². The molecule has 0 aliphatic rings. The fourth-order valence-electron chi connectivity index (χ4n) is 3.71. The first-order chi connectivity index (χ1) is 13.4. The summed E-state index contributed by atoms with van der Waals surface area (Å²) in [7, 11) is 4.07. The van der Waals surface area contributed by atoms with Crippen molar-refractivity contribution in [3.8, 4) is 22.5 Å². The number of nitrogens with zero attached hydrogens (tertiary/aromatic N) is 4. The molecule has 0 spiro atoms. The highest BCUT2D eigenvalue weighted by Crippen LogP contribution is 2.33. The van der Waals surface area contributed by atoms with E-state index in [1.807, 2.05) is 50.5 Å². The molecule has 4 aromatic rings. The molecule has 28 heavy (non-hydrogen) atoms. The van der Waals surface area contributed by atoms with Gasteiger partial charge in [-0.3, -0.25) is 9.36 Å². The first-order valence-corrected chi connectivity index (χ1v) is 9.93. The summed E-state index contributed by atoms with van der Waals surface area (Å²) in [5.41, 5.74) is 6.31. The summed E-state index contributed by atoms with van der Waals surface area (Å²) in [5, 5.41) is 0. The number of hydrogen-bond acceptors (Lipinski definition) is 2. The highest BCUT2D eigenvalue weighted by atomic mass is 32.1. The number of benzene rings is 2. The fraction of sp³-hybridized carbons (Fsp3) is 0.182. The van der Waals surface area contributed by atoms with Crippen molar-refractivity contribution in [3.63, 3.8) is 0 Å². The largest absolute Gasteiger partial charge is 0.287 e. The van der Waals surface area contributed by atoms with E-state index in [-0.39, 0.29) is 0 Å². The van der Waals surface area contributed by atoms with E-state index in [0.717, 1.165) is 43.2 Å². The van der Waals surface area contributed by atoms with Crippen LogP contribution in [-0.4, -0.2) is 18.7 Å². The van der Waals surface area contributed by atoms with Gasteiger partial charge < -0.3 is 0 Å². The molecule has 0 atom stereocenters. The molecule has 4 rings (SSSR count). The lowest BCUT2D eigenvalue weighted by molar-refractivity contribution is 0.638. The highest BCUT2D eigenvalue weighted by molar-refractivity contribution is 7.72. The third kappa shape index (κ3) is 2.72. The van der Waals surface area contributed by atoms with Crippen molar-refractivity contribution < 1.29 is 0 Å². The molecule has 0 aliphatic carbocycles. The third-order valence-corrected chi connectivity index (χ3v) is 6.11. The van der Waals surface area contributed by atoms with Gasteiger partial charge in [-0.25, -0.2) is 9.36 Å². The van der Waals surface area contributed by atoms with Gasteiger partial charge in [-0.2, -0.15) is 0 Å². The number of para-hydroxylation sites is 2. The normalized spacial score (nSPS) is 11.1. The Hall–Kier alpha value is -2.70. The maximum Gasteiger partial charge on any atom is 0.136 e. The van der Waals surface area contributed by atoms with Gasteiger partial charge in [0.1, 0.15) is 9.28 Å². The van der Waals surface area contributed by atoms with Crippen LogP contribution in [0, 0.1) is 23.1 Å². The second-order valence-corrected chi connectivity index (χ2v) is 7.65. The lowest BCUT2D eigenvalue weighted by atomic mass is 10.1. The third-order valence-electron chi connectivity index (χ3n) is 5.36. The average Bonchev–Trinajstić information content (AvgIpc) is 3.06. The average molecular weight is 407 g/mol. The minimum atomic E-state index is 0.770. The van der Waals surface area contributed by atoms with Crippen molar-refractivity contribution in [1.82, 2.24) is 18.7 Å². The van der Waals surface area contributed by atoms with Crippen LogP contribution in [-0.2, 0) is 14.1 Å². The Morgan fingerprint density at radius 1 is 0.571 bits per heavy atom. The summed E-state index contributed by atoms with van der Waals surface area (Å²) < 4.78 is 9.86. The minimum absolute atomic E-state index is 0.770. The zero-order chi connectivity index (χ0) is 20.0. The molecule has 0 radical (unpaired) electrons. The minimum Gasteiger partial charge on any atom is -0.287 e. The highest BCUT2D eigenvalue weighted by Gasteiger charge is 2.22. The molecule has 0 bridgehead atoms. The van der Waals surface area contributed by atoms with Crippen molar-refractivity contribution in [3.05, 3.63) is 81.3 Å². The van der Waals surface area contributed by atoms with E-state index in [9.17, 15) is 0 Å². The van der Waals surface area contributed by atoms with E-state index in [1.165, 1.54) is 0 Å². The molecule has 2 aromatic carbocycles. The van der Waals surface area contributed by atoms with E-state index in [1.54, 1.807) is 0 Å². The molecule has 0 aliphatic heterocycles. The Kier molecular flexibility index (Phi) is 4.69. The smallest absolute Gasteiger partial charge is 0.136 e. The molecule has 0 unspecified atom stereocenters. The van der Waals surface area contributed by atoms with Crippen molar-refractivity contribution in [2.24, 2.45) is 14.1 Å². The van der Waals surface area contributed by atoms with Crippen LogP contribution < -0.4 is 0 Å². The van der Waals surface area contributed by atoms with Gasteiger partial charge in [-0.1, -0.05) is 60.8 Å². The molecule has 0 saturated carbocycles. The molecule has 142 valence electrons. The van der Waals surface area contributed by atoms with Gasteiger partial charge in [0, 0.05) is 36.6 Å². The predicted molar refractivity (Wildman–Crippen MR) is 120 cm³/mol. The van der Waals surface area contributed by atoms with Crippen LogP contribution in [0.4, 0.5) is 0 Å². The van der Waals surface area contributed by atoms with Crippen molar-refractivity contribution in [2.75, 3.05) is 0 Å². The summed E-state index contributed by atoms with van der Waals surface area (Å²) in [6, 6.07) is 20.4. The van der Waals surface area contributed by atoms with E-state index < -0.39 is 0 Å². The Morgan fingerprint density at radius 2 is 0.893 bits per heavy atom. The van der Waals surface area contributed by atoms with Gasteiger partial charge in [0.05, 0.1) is 11.4 Å².